The number of carbonyl (C=O) groups excluding carboxylic acids is 1. The maximum Gasteiger partial charge on any atom is 0.224 e. The Kier molecular flexibility index (Phi) is 8.55. The molecule has 1 aliphatic heterocycles. The van der Waals surface area contributed by atoms with Crippen molar-refractivity contribution in [3.8, 4) is 5.82 Å². The zero-order valence-electron chi connectivity index (χ0n) is 17.8. The van der Waals surface area contributed by atoms with Crippen LogP contribution in [0.4, 0.5) is 5.95 Å². The number of nitrogens with one attached hydrogen (secondary N) is 1. The van der Waals surface area contributed by atoms with E-state index in [-0.39, 0.29) is 18.9 Å². The molecule has 0 aliphatic carbocycles. The highest BCUT2D eigenvalue weighted by molar-refractivity contribution is 6.30. The number of rotatable bonds is 6. The van der Waals surface area contributed by atoms with Gasteiger partial charge in [-0.1, -0.05) is 23.7 Å². The number of aryl methyl sites for hydroxylation is 1. The smallest absolute Gasteiger partial charge is 0.224 e. The number of primary amides is 1. The number of anilines is 1. The number of nitrogens with zero attached hydrogens (tertiary/aromatic N) is 4. The van der Waals surface area contributed by atoms with Gasteiger partial charge in [0.05, 0.1) is 18.2 Å². The minimum Gasteiger partial charge on any atom is -0.395 e. The summed E-state index contributed by atoms with van der Waals surface area (Å²) in [5.74, 6) is 1.11. The van der Waals surface area contributed by atoms with Gasteiger partial charge in [-0.3, -0.25) is 9.36 Å². The van der Waals surface area contributed by atoms with Crippen LogP contribution in [0.5, 0.6) is 0 Å². The van der Waals surface area contributed by atoms with Gasteiger partial charge in [-0.05, 0) is 37.5 Å². The second kappa shape index (κ2) is 11.6. The Morgan fingerprint density at radius 1 is 1.38 bits per heavy atom. The fourth-order valence-electron chi connectivity index (χ4n) is 3.52. The van der Waals surface area contributed by atoms with Crippen LogP contribution in [0, 0.1) is 6.92 Å². The third-order valence-corrected chi connectivity index (χ3v) is 5.37. The van der Waals surface area contributed by atoms with Crippen LogP contribution in [0.2, 0.25) is 5.02 Å². The number of aliphatic hydroxyl groups is 1. The Labute approximate surface area is 191 Å². The van der Waals surface area contributed by atoms with Crippen molar-refractivity contribution < 1.29 is 14.6 Å². The monoisotopic (exact) mass is 458 g/mol. The molecule has 1 saturated heterocycles. The molecular formula is C22H27ClN6O3. The van der Waals surface area contributed by atoms with Crippen molar-refractivity contribution in [2.45, 2.75) is 31.7 Å². The van der Waals surface area contributed by atoms with Crippen LogP contribution in [0.25, 0.3) is 5.82 Å². The molecule has 2 aromatic heterocycles. The van der Waals surface area contributed by atoms with Crippen molar-refractivity contribution in [2.75, 3.05) is 25.1 Å². The van der Waals surface area contributed by atoms with Crippen LogP contribution in [0.15, 0.2) is 43.0 Å². The molecule has 0 bridgehead atoms. The SMILES string of the molecule is Cc1cnc(NC2CCOCC2)nc1-n1cnc([C@@H](CO)c2cccc(Cl)c2)c1.NC=O. The molecule has 0 radical (unpaired) electrons. The predicted molar refractivity (Wildman–Crippen MR) is 122 cm³/mol. The first-order valence-corrected chi connectivity index (χ1v) is 10.7. The molecule has 10 heteroatoms. The number of carbonyl (C=O) groups is 1. The number of nitrogens with two attached hydrogens (primary N) is 1. The Bertz CT molecular complexity index is 1020. The van der Waals surface area contributed by atoms with Gasteiger partial charge >= 0.3 is 0 Å². The van der Waals surface area contributed by atoms with Crippen molar-refractivity contribution in [2.24, 2.45) is 5.73 Å². The Balaban J connectivity index is 0.000000913. The molecule has 1 fully saturated rings. The number of hydrogen-bond acceptors (Lipinski definition) is 7. The van der Waals surface area contributed by atoms with E-state index in [4.69, 9.17) is 26.1 Å². The van der Waals surface area contributed by atoms with E-state index in [0.717, 1.165) is 48.7 Å². The fraction of sp³-hybridized carbons (Fsp3) is 0.364. The maximum absolute atomic E-state index is 9.95. The van der Waals surface area contributed by atoms with E-state index < -0.39 is 0 Å². The third-order valence-electron chi connectivity index (χ3n) is 5.14. The van der Waals surface area contributed by atoms with Crippen LogP contribution < -0.4 is 11.1 Å². The van der Waals surface area contributed by atoms with Gasteiger partial charge in [0.15, 0.2) is 0 Å². The highest BCUT2D eigenvalue weighted by atomic mass is 35.5. The van der Waals surface area contributed by atoms with Gasteiger partial charge < -0.3 is 20.9 Å². The minimum atomic E-state index is -0.253. The van der Waals surface area contributed by atoms with Crippen molar-refractivity contribution in [3.63, 3.8) is 0 Å². The molecule has 32 heavy (non-hydrogen) atoms. The van der Waals surface area contributed by atoms with E-state index in [0.29, 0.717) is 17.0 Å². The summed E-state index contributed by atoms with van der Waals surface area (Å²) in [6, 6.07) is 7.81. The van der Waals surface area contributed by atoms with Crippen LogP contribution in [-0.4, -0.2) is 56.9 Å². The van der Waals surface area contributed by atoms with Crippen LogP contribution in [-0.2, 0) is 9.53 Å². The molecule has 4 rings (SSSR count). The Morgan fingerprint density at radius 3 is 2.81 bits per heavy atom. The lowest BCUT2D eigenvalue weighted by Gasteiger charge is -2.23. The van der Waals surface area contributed by atoms with Crippen LogP contribution in [0.1, 0.15) is 35.6 Å². The molecular weight excluding hydrogens is 432 g/mol. The van der Waals surface area contributed by atoms with Crippen molar-refractivity contribution in [1.82, 2.24) is 19.5 Å². The van der Waals surface area contributed by atoms with Gasteiger partial charge in [-0.2, -0.15) is 4.98 Å². The summed E-state index contributed by atoms with van der Waals surface area (Å²) in [5.41, 5.74) is 6.79. The number of ether oxygens (including phenoxy) is 1. The molecule has 1 atom stereocenters. The zero-order valence-corrected chi connectivity index (χ0v) is 18.6. The standard InChI is InChI=1S/C21H24ClN5O2.CH3NO/c1-14-10-23-21(25-17-5-7-29-8-6-17)26-20(14)27-11-19(24-13-27)18(12-28)15-3-2-4-16(22)9-15;2-1-3/h2-4,9-11,13,17-18,28H,5-8,12H2,1H3,(H,23,25,26);1H,(H2,2,3)/t18-;/m0./s1. The van der Waals surface area contributed by atoms with E-state index in [9.17, 15) is 5.11 Å². The number of halogens is 1. The largest absolute Gasteiger partial charge is 0.395 e. The van der Waals surface area contributed by atoms with Gasteiger partial charge in [0.2, 0.25) is 12.4 Å². The maximum atomic E-state index is 9.95. The fourth-order valence-corrected chi connectivity index (χ4v) is 3.71. The first kappa shape index (κ1) is 23.6. The summed E-state index contributed by atoms with van der Waals surface area (Å²) in [6.07, 6.45) is 7.56. The molecule has 1 aromatic carbocycles. The van der Waals surface area contributed by atoms with E-state index in [1.807, 2.05) is 48.1 Å². The highest BCUT2D eigenvalue weighted by Gasteiger charge is 2.19. The summed E-state index contributed by atoms with van der Waals surface area (Å²) in [7, 11) is 0. The van der Waals surface area contributed by atoms with Gasteiger partial charge in [0, 0.05) is 42.2 Å². The second-order valence-corrected chi connectivity index (χ2v) is 7.80. The van der Waals surface area contributed by atoms with Crippen molar-refractivity contribution in [1.29, 1.82) is 0 Å². The topological polar surface area (TPSA) is 128 Å². The number of imidazole rings is 1. The van der Waals surface area contributed by atoms with Gasteiger partial charge in [0.25, 0.3) is 0 Å². The van der Waals surface area contributed by atoms with E-state index in [2.05, 4.69) is 21.0 Å². The summed E-state index contributed by atoms with van der Waals surface area (Å²) in [4.78, 5) is 22.2. The molecule has 3 aromatic rings. The number of hydrogen-bond donors (Lipinski definition) is 3. The molecule has 4 N–H and O–H groups in total. The third kappa shape index (κ3) is 6.03. The zero-order chi connectivity index (χ0) is 22.9. The summed E-state index contributed by atoms with van der Waals surface area (Å²) in [6.45, 7) is 3.42. The van der Waals surface area contributed by atoms with E-state index in [1.165, 1.54) is 0 Å². The average molecular weight is 459 g/mol. The lowest BCUT2D eigenvalue weighted by molar-refractivity contribution is -0.106. The molecule has 1 aliphatic rings. The lowest BCUT2D eigenvalue weighted by Crippen LogP contribution is -2.28. The van der Waals surface area contributed by atoms with Gasteiger partial charge in [-0.15, -0.1) is 0 Å². The lowest BCUT2D eigenvalue weighted by atomic mass is 9.97. The second-order valence-electron chi connectivity index (χ2n) is 7.36. The number of amides is 1. The number of benzene rings is 1. The summed E-state index contributed by atoms with van der Waals surface area (Å²) in [5, 5.41) is 14.0. The molecule has 170 valence electrons. The van der Waals surface area contributed by atoms with E-state index >= 15 is 0 Å². The Hall–Kier alpha value is -3.01. The summed E-state index contributed by atoms with van der Waals surface area (Å²) >= 11 is 6.11. The Morgan fingerprint density at radius 2 is 2.12 bits per heavy atom. The minimum absolute atomic E-state index is 0.0589. The molecule has 1 amide bonds. The van der Waals surface area contributed by atoms with Crippen LogP contribution >= 0.6 is 11.6 Å². The van der Waals surface area contributed by atoms with Gasteiger partial charge in [-0.25, -0.2) is 9.97 Å². The molecule has 0 unspecified atom stereocenters. The summed E-state index contributed by atoms with van der Waals surface area (Å²) < 4.78 is 7.28. The van der Waals surface area contributed by atoms with Crippen molar-refractivity contribution >= 4 is 24.0 Å². The first-order chi connectivity index (χ1) is 15.5. The van der Waals surface area contributed by atoms with Crippen molar-refractivity contribution in [3.05, 3.63) is 64.8 Å². The van der Waals surface area contributed by atoms with E-state index in [1.54, 1.807) is 6.33 Å². The molecule has 0 saturated carbocycles. The molecule has 9 nitrogen and oxygen atoms in total. The quantitative estimate of drug-likeness (QED) is 0.484. The molecule has 0 spiro atoms. The normalized spacial score (nSPS) is 14.8. The first-order valence-electron chi connectivity index (χ1n) is 10.3. The van der Waals surface area contributed by atoms with Crippen LogP contribution in [0.3, 0.4) is 0 Å². The predicted octanol–water partition coefficient (Wildman–Crippen LogP) is 2.44. The number of aromatic nitrogens is 4. The number of aliphatic hydroxyl groups excluding tert-OH is 1. The highest BCUT2D eigenvalue weighted by Crippen LogP contribution is 2.26. The molecule has 3 heterocycles. The average Bonchev–Trinajstić information content (AvgIpc) is 3.26. The van der Waals surface area contributed by atoms with Gasteiger partial charge in [0.1, 0.15) is 12.1 Å².